The third-order valence-electron chi connectivity index (χ3n) is 5.00. The lowest BCUT2D eigenvalue weighted by Gasteiger charge is -2.20. The van der Waals surface area contributed by atoms with Gasteiger partial charge in [-0.15, -0.1) is 0 Å². The van der Waals surface area contributed by atoms with Gasteiger partial charge in [-0.1, -0.05) is 12.1 Å². The molecule has 3 rings (SSSR count). The van der Waals surface area contributed by atoms with Crippen LogP contribution in [0.4, 0.5) is 0 Å². The Hall–Kier alpha value is -3.03. The van der Waals surface area contributed by atoms with Crippen LogP contribution in [0.1, 0.15) is 27.5 Å². The summed E-state index contributed by atoms with van der Waals surface area (Å²) in [4.78, 5) is 26.4. The van der Waals surface area contributed by atoms with Gasteiger partial charge in [0.2, 0.25) is 0 Å². The molecule has 1 amide bonds. The Kier molecular flexibility index (Phi) is 5.07. The molecule has 1 aromatic heterocycles. The number of aromatic nitrogens is 2. The molecule has 0 radical (unpaired) electrons. The molecule has 144 valence electrons. The molecule has 2 atom stereocenters. The first-order chi connectivity index (χ1) is 12.9. The maximum Gasteiger partial charge on any atom is 0.308 e. The number of hydrogen-bond acceptors (Lipinski definition) is 5. The molecular formula is C19H23N3O5. The summed E-state index contributed by atoms with van der Waals surface area (Å²) in [5, 5.41) is 13.9. The van der Waals surface area contributed by atoms with E-state index in [-0.39, 0.29) is 19.0 Å². The van der Waals surface area contributed by atoms with Crippen molar-refractivity contribution in [3.05, 3.63) is 41.2 Å². The molecule has 1 N–H and O–H groups in total. The van der Waals surface area contributed by atoms with Crippen LogP contribution in [-0.2, 0) is 11.8 Å². The van der Waals surface area contributed by atoms with Crippen molar-refractivity contribution in [1.29, 1.82) is 0 Å². The van der Waals surface area contributed by atoms with Crippen LogP contribution in [0.25, 0.3) is 0 Å². The van der Waals surface area contributed by atoms with Gasteiger partial charge in [0.05, 0.1) is 31.4 Å². The summed E-state index contributed by atoms with van der Waals surface area (Å²) in [6, 6.07) is 5.38. The number of carboxylic acid groups (broad SMARTS) is 1. The number of rotatable bonds is 5. The van der Waals surface area contributed by atoms with Crippen molar-refractivity contribution in [3.63, 3.8) is 0 Å². The first kappa shape index (κ1) is 18.8. The van der Waals surface area contributed by atoms with Gasteiger partial charge in [0.15, 0.2) is 11.5 Å². The Balaban J connectivity index is 1.96. The lowest BCUT2D eigenvalue weighted by atomic mass is 9.88. The Morgan fingerprint density at radius 3 is 2.52 bits per heavy atom. The quantitative estimate of drug-likeness (QED) is 0.857. The normalized spacial score (nSPS) is 19.2. The number of aliphatic carboxylic acids is 1. The van der Waals surface area contributed by atoms with Crippen LogP contribution in [0.5, 0.6) is 11.5 Å². The minimum Gasteiger partial charge on any atom is -0.493 e. The summed E-state index contributed by atoms with van der Waals surface area (Å²) in [6.45, 7) is 2.18. The van der Waals surface area contributed by atoms with Crippen molar-refractivity contribution < 1.29 is 24.2 Å². The van der Waals surface area contributed by atoms with Gasteiger partial charge in [-0.3, -0.25) is 14.3 Å². The molecule has 8 nitrogen and oxygen atoms in total. The molecule has 1 saturated heterocycles. The molecule has 0 bridgehead atoms. The summed E-state index contributed by atoms with van der Waals surface area (Å²) in [7, 11) is 4.80. The van der Waals surface area contributed by atoms with E-state index in [1.54, 1.807) is 41.9 Å². The summed E-state index contributed by atoms with van der Waals surface area (Å²) in [5.74, 6) is -1.24. The predicted molar refractivity (Wildman–Crippen MR) is 97.3 cm³/mol. The fraction of sp³-hybridized carbons (Fsp3) is 0.421. The molecule has 8 heteroatoms. The van der Waals surface area contributed by atoms with Gasteiger partial charge in [0, 0.05) is 37.8 Å². The van der Waals surface area contributed by atoms with Crippen molar-refractivity contribution in [2.45, 2.75) is 12.8 Å². The highest BCUT2D eigenvalue weighted by Gasteiger charge is 2.42. The van der Waals surface area contributed by atoms with Crippen LogP contribution in [0.15, 0.2) is 24.4 Å². The van der Waals surface area contributed by atoms with E-state index >= 15 is 0 Å². The standard InChI is InChI=1S/C19H23N3O5/c1-11-13(8-21(2)20-11)18(23)22-9-14(15(10-22)19(24)25)12-6-5-7-16(26-3)17(12)27-4/h5-8,14-15H,9-10H2,1-4H3,(H,24,25). The second-order valence-corrected chi connectivity index (χ2v) is 6.65. The van der Waals surface area contributed by atoms with Gasteiger partial charge in [0.25, 0.3) is 5.91 Å². The van der Waals surface area contributed by atoms with E-state index in [9.17, 15) is 14.7 Å². The molecule has 27 heavy (non-hydrogen) atoms. The minimum atomic E-state index is -0.942. The third-order valence-corrected chi connectivity index (χ3v) is 5.00. The number of methoxy groups -OCH3 is 2. The number of para-hydroxylation sites is 1. The van der Waals surface area contributed by atoms with Gasteiger partial charge >= 0.3 is 5.97 Å². The van der Waals surface area contributed by atoms with Crippen molar-refractivity contribution in [2.24, 2.45) is 13.0 Å². The summed E-state index contributed by atoms with van der Waals surface area (Å²) in [6.07, 6.45) is 1.66. The van der Waals surface area contributed by atoms with Gasteiger partial charge in [0.1, 0.15) is 0 Å². The highest BCUT2D eigenvalue weighted by molar-refractivity contribution is 5.95. The van der Waals surface area contributed by atoms with Crippen LogP contribution in [-0.4, -0.2) is 59.0 Å². The first-order valence-electron chi connectivity index (χ1n) is 8.60. The molecule has 1 aromatic carbocycles. The molecule has 1 aliphatic rings. The molecule has 0 saturated carbocycles. The van der Waals surface area contributed by atoms with Gasteiger partial charge in [-0.25, -0.2) is 0 Å². The van der Waals surface area contributed by atoms with Gasteiger partial charge < -0.3 is 19.5 Å². The fourth-order valence-corrected chi connectivity index (χ4v) is 3.72. The molecule has 2 unspecified atom stereocenters. The number of carbonyl (C=O) groups is 2. The topological polar surface area (TPSA) is 93.9 Å². The summed E-state index contributed by atoms with van der Waals surface area (Å²) < 4.78 is 12.4. The predicted octanol–water partition coefficient (Wildman–Crippen LogP) is 1.69. The largest absolute Gasteiger partial charge is 0.493 e. The molecule has 0 aliphatic carbocycles. The van der Waals surface area contributed by atoms with Gasteiger partial charge in [-0.2, -0.15) is 5.10 Å². The molecule has 0 spiro atoms. The zero-order valence-corrected chi connectivity index (χ0v) is 15.8. The van der Waals surface area contributed by atoms with E-state index in [0.29, 0.717) is 22.8 Å². The number of carbonyl (C=O) groups excluding carboxylic acids is 1. The van der Waals surface area contributed by atoms with E-state index in [1.807, 2.05) is 6.07 Å². The van der Waals surface area contributed by atoms with Crippen LogP contribution < -0.4 is 9.47 Å². The number of amides is 1. The van der Waals surface area contributed by atoms with E-state index in [2.05, 4.69) is 5.10 Å². The SMILES string of the molecule is COc1cccc(C2CN(C(=O)c3cn(C)nc3C)CC2C(=O)O)c1OC. The van der Waals surface area contributed by atoms with Crippen molar-refractivity contribution >= 4 is 11.9 Å². The second kappa shape index (κ2) is 7.30. The Bertz CT molecular complexity index is 876. The zero-order chi connectivity index (χ0) is 19.7. The van der Waals surface area contributed by atoms with E-state index in [1.165, 1.54) is 14.2 Å². The summed E-state index contributed by atoms with van der Waals surface area (Å²) >= 11 is 0. The zero-order valence-electron chi connectivity index (χ0n) is 15.8. The molecule has 2 aromatic rings. The van der Waals surface area contributed by atoms with E-state index in [0.717, 1.165) is 5.56 Å². The average molecular weight is 373 g/mol. The van der Waals surface area contributed by atoms with Gasteiger partial charge in [-0.05, 0) is 13.0 Å². The van der Waals surface area contributed by atoms with E-state index in [4.69, 9.17) is 9.47 Å². The Morgan fingerprint density at radius 1 is 1.22 bits per heavy atom. The molecular weight excluding hydrogens is 350 g/mol. The van der Waals surface area contributed by atoms with Crippen LogP contribution in [0.3, 0.4) is 0 Å². The number of hydrogen-bond donors (Lipinski definition) is 1. The van der Waals surface area contributed by atoms with E-state index < -0.39 is 17.8 Å². The molecule has 2 heterocycles. The molecule has 1 fully saturated rings. The number of likely N-dealkylation sites (tertiary alicyclic amines) is 1. The lowest BCUT2D eigenvalue weighted by Crippen LogP contribution is -2.30. The minimum absolute atomic E-state index is 0.132. The number of benzene rings is 1. The lowest BCUT2D eigenvalue weighted by molar-refractivity contribution is -0.141. The molecule has 1 aliphatic heterocycles. The number of aryl methyl sites for hydroxylation is 2. The Morgan fingerprint density at radius 2 is 1.96 bits per heavy atom. The number of carboxylic acids is 1. The van der Waals surface area contributed by atoms with Crippen LogP contribution in [0, 0.1) is 12.8 Å². The number of ether oxygens (including phenoxy) is 2. The second-order valence-electron chi connectivity index (χ2n) is 6.65. The van der Waals surface area contributed by atoms with Crippen molar-refractivity contribution in [1.82, 2.24) is 14.7 Å². The third kappa shape index (κ3) is 3.34. The fourth-order valence-electron chi connectivity index (χ4n) is 3.72. The van der Waals surface area contributed by atoms with Crippen molar-refractivity contribution in [2.75, 3.05) is 27.3 Å². The maximum atomic E-state index is 12.9. The highest BCUT2D eigenvalue weighted by atomic mass is 16.5. The monoisotopic (exact) mass is 373 g/mol. The van der Waals surface area contributed by atoms with Crippen LogP contribution in [0.2, 0.25) is 0 Å². The highest BCUT2D eigenvalue weighted by Crippen LogP contribution is 2.42. The van der Waals surface area contributed by atoms with Crippen LogP contribution >= 0.6 is 0 Å². The number of nitrogens with zero attached hydrogens (tertiary/aromatic N) is 3. The smallest absolute Gasteiger partial charge is 0.308 e. The van der Waals surface area contributed by atoms with Crippen molar-refractivity contribution in [3.8, 4) is 11.5 Å². The maximum absolute atomic E-state index is 12.9. The summed E-state index contributed by atoms with van der Waals surface area (Å²) in [5.41, 5.74) is 1.83. The first-order valence-corrected chi connectivity index (χ1v) is 8.60. The Labute approximate surface area is 157 Å². The average Bonchev–Trinajstić information content (AvgIpc) is 3.23.